The normalized spacial score (nSPS) is 14.5. The van der Waals surface area contributed by atoms with Gasteiger partial charge in [-0.15, -0.1) is 0 Å². The van der Waals surface area contributed by atoms with Crippen LogP contribution in [0, 0.1) is 5.82 Å². The average molecular weight is 499 g/mol. The number of aromatic nitrogens is 3. The zero-order valence-electron chi connectivity index (χ0n) is 17.9. The lowest BCUT2D eigenvalue weighted by Gasteiger charge is -2.34. The van der Waals surface area contributed by atoms with Crippen LogP contribution in [0.15, 0.2) is 59.4 Å². The molecule has 174 valence electrons. The van der Waals surface area contributed by atoms with Gasteiger partial charge in [-0.2, -0.15) is 9.61 Å². The number of rotatable bonds is 4. The fraction of sp³-hybridized carbons (Fsp3) is 0.217. The van der Waals surface area contributed by atoms with Crippen LogP contribution in [0.4, 0.5) is 14.9 Å². The van der Waals surface area contributed by atoms with Crippen LogP contribution < -0.4 is 10.9 Å². The van der Waals surface area contributed by atoms with Crippen molar-refractivity contribution >= 4 is 39.6 Å². The maximum absolute atomic E-state index is 13.6. The molecule has 1 N–H and O–H groups in total. The second-order valence-corrected chi connectivity index (χ2v) is 9.29. The van der Waals surface area contributed by atoms with E-state index in [2.05, 4.69) is 20.3 Å². The van der Waals surface area contributed by atoms with E-state index in [4.69, 9.17) is 11.6 Å². The van der Waals surface area contributed by atoms with Gasteiger partial charge >= 0.3 is 6.03 Å². The summed E-state index contributed by atoms with van der Waals surface area (Å²) in [6.07, 6.45) is 0. The SMILES string of the molecule is O=C(Nc1ccc(Cl)cc1)N1CCN(Cc2cc(=O)n3nc(-c4cccc(F)c4)sc3n2)CC1. The fourth-order valence-corrected chi connectivity index (χ4v) is 4.80. The van der Waals surface area contributed by atoms with Gasteiger partial charge in [0, 0.05) is 55.1 Å². The molecule has 2 amide bonds. The second-order valence-electron chi connectivity index (χ2n) is 7.90. The van der Waals surface area contributed by atoms with Crippen LogP contribution in [-0.4, -0.2) is 56.6 Å². The van der Waals surface area contributed by atoms with E-state index >= 15 is 0 Å². The first-order chi connectivity index (χ1) is 16.4. The molecule has 0 unspecified atom stereocenters. The number of halogens is 2. The third-order valence-corrected chi connectivity index (χ3v) is 6.72. The van der Waals surface area contributed by atoms with Gasteiger partial charge in [-0.3, -0.25) is 9.69 Å². The average Bonchev–Trinajstić information content (AvgIpc) is 3.26. The lowest BCUT2D eigenvalue weighted by molar-refractivity contribution is 0.142. The quantitative estimate of drug-likeness (QED) is 0.460. The number of carbonyl (C=O) groups is 1. The Morgan fingerprint density at radius 2 is 1.85 bits per heavy atom. The summed E-state index contributed by atoms with van der Waals surface area (Å²) in [5.74, 6) is -0.362. The summed E-state index contributed by atoms with van der Waals surface area (Å²) in [7, 11) is 0. The highest BCUT2D eigenvalue weighted by molar-refractivity contribution is 7.19. The van der Waals surface area contributed by atoms with Gasteiger partial charge in [0.15, 0.2) is 0 Å². The highest BCUT2D eigenvalue weighted by Crippen LogP contribution is 2.25. The second kappa shape index (κ2) is 9.49. The molecule has 8 nitrogen and oxygen atoms in total. The molecule has 5 rings (SSSR count). The van der Waals surface area contributed by atoms with Crippen molar-refractivity contribution in [3.05, 3.63) is 81.5 Å². The largest absolute Gasteiger partial charge is 0.322 e. The number of hydrogen-bond donors (Lipinski definition) is 1. The summed E-state index contributed by atoms with van der Waals surface area (Å²) in [4.78, 5) is 34.1. The van der Waals surface area contributed by atoms with Crippen molar-refractivity contribution in [3.63, 3.8) is 0 Å². The third-order valence-electron chi connectivity index (χ3n) is 5.51. The Labute approximate surface area is 203 Å². The maximum atomic E-state index is 13.6. The number of fused-ring (bicyclic) bond motifs is 1. The van der Waals surface area contributed by atoms with Gasteiger partial charge in [-0.25, -0.2) is 14.2 Å². The topological polar surface area (TPSA) is 82.8 Å². The van der Waals surface area contributed by atoms with Gasteiger partial charge in [0.25, 0.3) is 5.56 Å². The lowest BCUT2D eigenvalue weighted by atomic mass is 10.2. The molecule has 0 bridgehead atoms. The Kier molecular flexibility index (Phi) is 6.27. The molecule has 34 heavy (non-hydrogen) atoms. The summed E-state index contributed by atoms with van der Waals surface area (Å²) in [5, 5.41) is 8.32. The lowest BCUT2D eigenvalue weighted by Crippen LogP contribution is -2.49. The molecule has 0 spiro atoms. The summed E-state index contributed by atoms with van der Waals surface area (Å²) >= 11 is 7.13. The molecule has 1 fully saturated rings. The van der Waals surface area contributed by atoms with Gasteiger partial charge < -0.3 is 10.2 Å². The molecule has 3 heterocycles. The van der Waals surface area contributed by atoms with E-state index in [1.165, 1.54) is 34.1 Å². The van der Waals surface area contributed by atoms with Crippen molar-refractivity contribution in [1.82, 2.24) is 24.4 Å². The van der Waals surface area contributed by atoms with Crippen molar-refractivity contribution in [2.45, 2.75) is 6.54 Å². The zero-order chi connectivity index (χ0) is 23.7. The Morgan fingerprint density at radius 3 is 2.59 bits per heavy atom. The molecule has 1 saturated heterocycles. The summed E-state index contributed by atoms with van der Waals surface area (Å²) in [6, 6.07) is 14.4. The number of nitrogens with one attached hydrogen (secondary N) is 1. The molecule has 4 aromatic rings. The summed E-state index contributed by atoms with van der Waals surface area (Å²) in [6.45, 7) is 2.93. The fourth-order valence-electron chi connectivity index (χ4n) is 3.75. The predicted molar refractivity (Wildman–Crippen MR) is 130 cm³/mol. The van der Waals surface area contributed by atoms with Crippen LogP contribution in [0.1, 0.15) is 5.69 Å². The van der Waals surface area contributed by atoms with Gasteiger partial charge in [0.05, 0.1) is 5.69 Å². The first kappa shape index (κ1) is 22.5. The van der Waals surface area contributed by atoms with Gasteiger partial charge in [0.2, 0.25) is 4.96 Å². The molecule has 0 saturated carbocycles. The minimum Gasteiger partial charge on any atom is -0.322 e. The minimum absolute atomic E-state index is 0.158. The minimum atomic E-state index is -0.362. The third kappa shape index (κ3) is 4.93. The van der Waals surface area contributed by atoms with Crippen LogP contribution >= 0.6 is 22.9 Å². The highest BCUT2D eigenvalue weighted by Gasteiger charge is 2.22. The molecule has 2 aromatic carbocycles. The molecule has 2 aromatic heterocycles. The maximum Gasteiger partial charge on any atom is 0.321 e. The van der Waals surface area contributed by atoms with Crippen molar-refractivity contribution in [2.24, 2.45) is 0 Å². The molecule has 0 radical (unpaired) electrons. The van der Waals surface area contributed by atoms with Crippen LogP contribution in [-0.2, 0) is 6.54 Å². The Balaban J connectivity index is 1.23. The Hall–Kier alpha value is -3.34. The van der Waals surface area contributed by atoms with E-state index in [0.717, 1.165) is 0 Å². The highest BCUT2D eigenvalue weighted by atomic mass is 35.5. The Morgan fingerprint density at radius 1 is 1.09 bits per heavy atom. The Bertz CT molecular complexity index is 1400. The van der Waals surface area contributed by atoms with Gasteiger partial charge in [-0.1, -0.05) is 35.1 Å². The smallest absolute Gasteiger partial charge is 0.321 e. The first-order valence-corrected chi connectivity index (χ1v) is 11.8. The molecular formula is C23H20ClFN6O2S. The van der Waals surface area contributed by atoms with Gasteiger partial charge in [-0.05, 0) is 36.4 Å². The van der Waals surface area contributed by atoms with Crippen molar-refractivity contribution < 1.29 is 9.18 Å². The number of piperazine rings is 1. The molecular weight excluding hydrogens is 479 g/mol. The van der Waals surface area contributed by atoms with Crippen LogP contribution in [0.25, 0.3) is 15.5 Å². The number of amides is 2. The molecule has 1 aliphatic heterocycles. The van der Waals surface area contributed by atoms with Crippen molar-refractivity contribution in [3.8, 4) is 10.6 Å². The number of carbonyl (C=O) groups excluding carboxylic acids is 1. The van der Waals surface area contributed by atoms with Crippen molar-refractivity contribution in [1.29, 1.82) is 0 Å². The number of benzene rings is 2. The van der Waals surface area contributed by atoms with Gasteiger partial charge in [0.1, 0.15) is 10.8 Å². The molecule has 1 aliphatic rings. The van der Waals surface area contributed by atoms with E-state index in [9.17, 15) is 14.0 Å². The standard InChI is InChI=1S/C23H20ClFN6O2S/c24-16-4-6-18(7-5-16)26-22(33)30-10-8-29(9-11-30)14-19-13-20(32)31-23(27-19)34-21(28-31)15-2-1-3-17(25)12-15/h1-7,12-13H,8-11,14H2,(H,26,33). The van der Waals surface area contributed by atoms with E-state index in [-0.39, 0.29) is 17.4 Å². The number of anilines is 1. The number of nitrogens with zero attached hydrogens (tertiary/aromatic N) is 5. The van der Waals surface area contributed by atoms with Crippen LogP contribution in [0.5, 0.6) is 0 Å². The van der Waals surface area contributed by atoms with E-state index in [1.807, 2.05) is 0 Å². The number of hydrogen-bond acceptors (Lipinski definition) is 6. The van der Waals surface area contributed by atoms with Crippen LogP contribution in [0.3, 0.4) is 0 Å². The summed E-state index contributed by atoms with van der Waals surface area (Å²) < 4.78 is 14.8. The molecule has 0 aliphatic carbocycles. The number of urea groups is 1. The van der Waals surface area contributed by atoms with E-state index in [1.54, 1.807) is 41.3 Å². The van der Waals surface area contributed by atoms with Crippen LogP contribution in [0.2, 0.25) is 5.02 Å². The van der Waals surface area contributed by atoms with E-state index < -0.39 is 0 Å². The summed E-state index contributed by atoms with van der Waals surface area (Å²) in [5.41, 5.74) is 1.65. The predicted octanol–water partition coefficient (Wildman–Crippen LogP) is 3.96. The first-order valence-electron chi connectivity index (χ1n) is 10.6. The van der Waals surface area contributed by atoms with E-state index in [0.29, 0.717) is 64.7 Å². The molecule has 11 heteroatoms. The monoisotopic (exact) mass is 498 g/mol. The van der Waals surface area contributed by atoms with Crippen molar-refractivity contribution in [2.75, 3.05) is 31.5 Å². The zero-order valence-corrected chi connectivity index (χ0v) is 19.5. The molecule has 0 atom stereocenters.